The average molecular weight is 286 g/mol. The molecular weight excluding hydrogens is 264 g/mol. The molecular formula is C17H22N2O2. The first-order chi connectivity index (χ1) is 10.3. The van der Waals surface area contributed by atoms with E-state index in [1.807, 2.05) is 18.2 Å². The molecule has 0 radical (unpaired) electrons. The number of pyridine rings is 1. The fourth-order valence-electron chi connectivity index (χ4n) is 1.98. The van der Waals surface area contributed by atoms with Gasteiger partial charge in [-0.2, -0.15) is 0 Å². The van der Waals surface area contributed by atoms with Crippen LogP contribution in [-0.4, -0.2) is 18.2 Å². The summed E-state index contributed by atoms with van der Waals surface area (Å²) in [5.74, 6) is 1.53. The Morgan fingerprint density at radius 1 is 1.00 bits per heavy atom. The Morgan fingerprint density at radius 2 is 1.71 bits per heavy atom. The third-order valence-corrected chi connectivity index (χ3v) is 3.03. The average Bonchev–Trinajstić information content (AvgIpc) is 2.52. The molecule has 0 atom stereocenters. The minimum Gasteiger partial charge on any atom is -0.490 e. The lowest BCUT2D eigenvalue weighted by molar-refractivity contribution is 0.268. The van der Waals surface area contributed by atoms with Gasteiger partial charge in [0.1, 0.15) is 0 Å². The second-order valence-corrected chi connectivity index (χ2v) is 4.82. The van der Waals surface area contributed by atoms with Crippen molar-refractivity contribution in [3.05, 3.63) is 36.7 Å². The Balaban J connectivity index is 2.34. The first-order valence-corrected chi connectivity index (χ1v) is 7.35. The zero-order chi connectivity index (χ0) is 15.1. The lowest BCUT2D eigenvalue weighted by Crippen LogP contribution is -2.01. The summed E-state index contributed by atoms with van der Waals surface area (Å²) in [5, 5.41) is 0. The summed E-state index contributed by atoms with van der Waals surface area (Å²) in [5.41, 5.74) is 8.60. The van der Waals surface area contributed by atoms with Gasteiger partial charge >= 0.3 is 0 Å². The standard InChI is InChI=1S/C17H22N2O2/c1-3-9-20-16-6-5-13(11-17(16)21-10-4-2)14-12-19-8-7-15(14)18/h5-8,11-12H,3-4,9-10H2,1-2H3,(H2,18,19). The second kappa shape index (κ2) is 7.53. The third-order valence-electron chi connectivity index (χ3n) is 3.03. The first kappa shape index (κ1) is 15.2. The highest BCUT2D eigenvalue weighted by Crippen LogP contribution is 2.34. The molecule has 2 rings (SSSR count). The number of ether oxygens (including phenoxy) is 2. The van der Waals surface area contributed by atoms with Gasteiger partial charge in [-0.15, -0.1) is 0 Å². The van der Waals surface area contributed by atoms with Crippen molar-refractivity contribution >= 4 is 5.69 Å². The van der Waals surface area contributed by atoms with Crippen LogP contribution >= 0.6 is 0 Å². The molecule has 0 bridgehead atoms. The molecule has 1 heterocycles. The topological polar surface area (TPSA) is 57.4 Å². The van der Waals surface area contributed by atoms with Crippen LogP contribution in [0, 0.1) is 0 Å². The highest BCUT2D eigenvalue weighted by atomic mass is 16.5. The molecule has 2 aromatic rings. The van der Waals surface area contributed by atoms with Gasteiger partial charge in [0.2, 0.25) is 0 Å². The molecule has 2 N–H and O–H groups in total. The van der Waals surface area contributed by atoms with Crippen LogP contribution in [0.25, 0.3) is 11.1 Å². The van der Waals surface area contributed by atoms with Crippen molar-refractivity contribution in [2.75, 3.05) is 18.9 Å². The van der Waals surface area contributed by atoms with Crippen LogP contribution in [-0.2, 0) is 0 Å². The Labute approximate surface area is 125 Å². The summed E-state index contributed by atoms with van der Waals surface area (Å²) in [6, 6.07) is 7.68. The van der Waals surface area contributed by atoms with E-state index in [0.29, 0.717) is 18.9 Å². The first-order valence-electron chi connectivity index (χ1n) is 7.35. The zero-order valence-corrected chi connectivity index (χ0v) is 12.6. The molecule has 0 aliphatic heterocycles. The number of nitrogens with two attached hydrogens (primary N) is 1. The number of hydrogen-bond donors (Lipinski definition) is 1. The molecule has 0 saturated carbocycles. The van der Waals surface area contributed by atoms with E-state index in [-0.39, 0.29) is 0 Å². The van der Waals surface area contributed by atoms with Crippen LogP contribution < -0.4 is 15.2 Å². The third kappa shape index (κ3) is 3.88. The number of aromatic nitrogens is 1. The number of rotatable bonds is 7. The molecule has 0 spiro atoms. The van der Waals surface area contributed by atoms with Crippen molar-refractivity contribution in [3.63, 3.8) is 0 Å². The largest absolute Gasteiger partial charge is 0.490 e. The van der Waals surface area contributed by atoms with Gasteiger partial charge in [0, 0.05) is 23.6 Å². The molecule has 1 aromatic carbocycles. The van der Waals surface area contributed by atoms with Crippen molar-refractivity contribution in [2.45, 2.75) is 26.7 Å². The zero-order valence-electron chi connectivity index (χ0n) is 12.6. The van der Waals surface area contributed by atoms with Crippen LogP contribution in [0.2, 0.25) is 0 Å². The molecule has 4 nitrogen and oxygen atoms in total. The van der Waals surface area contributed by atoms with Gasteiger partial charge in [-0.1, -0.05) is 19.9 Å². The van der Waals surface area contributed by atoms with E-state index in [0.717, 1.165) is 35.5 Å². The van der Waals surface area contributed by atoms with Gasteiger partial charge in [0.15, 0.2) is 11.5 Å². The molecule has 0 saturated heterocycles. The van der Waals surface area contributed by atoms with Gasteiger partial charge < -0.3 is 15.2 Å². The van der Waals surface area contributed by atoms with E-state index in [1.54, 1.807) is 18.5 Å². The van der Waals surface area contributed by atoms with E-state index in [4.69, 9.17) is 15.2 Å². The van der Waals surface area contributed by atoms with E-state index in [1.165, 1.54) is 0 Å². The van der Waals surface area contributed by atoms with Crippen molar-refractivity contribution in [1.29, 1.82) is 0 Å². The second-order valence-electron chi connectivity index (χ2n) is 4.82. The molecule has 0 aliphatic rings. The minimum absolute atomic E-state index is 0.661. The van der Waals surface area contributed by atoms with E-state index in [2.05, 4.69) is 18.8 Å². The van der Waals surface area contributed by atoms with Crippen LogP contribution in [0.5, 0.6) is 11.5 Å². The predicted molar refractivity (Wildman–Crippen MR) is 85.7 cm³/mol. The maximum atomic E-state index is 6.01. The van der Waals surface area contributed by atoms with Crippen LogP contribution in [0.4, 0.5) is 5.69 Å². The summed E-state index contributed by atoms with van der Waals surface area (Å²) >= 11 is 0. The maximum Gasteiger partial charge on any atom is 0.161 e. The van der Waals surface area contributed by atoms with Crippen molar-refractivity contribution in [3.8, 4) is 22.6 Å². The molecule has 21 heavy (non-hydrogen) atoms. The molecule has 0 fully saturated rings. The molecule has 112 valence electrons. The number of nitrogen functional groups attached to an aromatic ring is 1. The lowest BCUT2D eigenvalue weighted by atomic mass is 10.1. The number of benzene rings is 1. The van der Waals surface area contributed by atoms with Crippen molar-refractivity contribution < 1.29 is 9.47 Å². The smallest absolute Gasteiger partial charge is 0.161 e. The Bertz CT molecular complexity index is 585. The van der Waals surface area contributed by atoms with Crippen molar-refractivity contribution in [1.82, 2.24) is 4.98 Å². The normalized spacial score (nSPS) is 10.4. The summed E-state index contributed by atoms with van der Waals surface area (Å²) in [6.07, 6.45) is 5.36. The highest BCUT2D eigenvalue weighted by molar-refractivity contribution is 5.76. The molecule has 4 heteroatoms. The Kier molecular flexibility index (Phi) is 5.43. The summed E-state index contributed by atoms with van der Waals surface area (Å²) in [4.78, 5) is 4.13. The van der Waals surface area contributed by atoms with Gasteiger partial charge in [-0.05, 0) is 36.6 Å². The fraction of sp³-hybridized carbons (Fsp3) is 0.353. The van der Waals surface area contributed by atoms with Gasteiger partial charge in [-0.25, -0.2) is 0 Å². The number of anilines is 1. The van der Waals surface area contributed by atoms with E-state index < -0.39 is 0 Å². The Morgan fingerprint density at radius 3 is 2.38 bits per heavy atom. The summed E-state index contributed by atoms with van der Waals surface area (Å²) < 4.78 is 11.5. The maximum absolute atomic E-state index is 6.01. The van der Waals surface area contributed by atoms with Crippen molar-refractivity contribution in [2.24, 2.45) is 0 Å². The molecule has 0 amide bonds. The molecule has 0 aliphatic carbocycles. The quantitative estimate of drug-likeness (QED) is 0.838. The Hall–Kier alpha value is -2.23. The van der Waals surface area contributed by atoms with E-state index in [9.17, 15) is 0 Å². The van der Waals surface area contributed by atoms with Crippen LogP contribution in [0.15, 0.2) is 36.7 Å². The predicted octanol–water partition coefficient (Wildman–Crippen LogP) is 3.91. The van der Waals surface area contributed by atoms with Gasteiger partial charge in [0.05, 0.1) is 13.2 Å². The number of nitrogens with zero attached hydrogens (tertiary/aromatic N) is 1. The monoisotopic (exact) mass is 286 g/mol. The molecule has 0 unspecified atom stereocenters. The summed E-state index contributed by atoms with van der Waals surface area (Å²) in [7, 11) is 0. The van der Waals surface area contributed by atoms with Crippen LogP contribution in [0.1, 0.15) is 26.7 Å². The van der Waals surface area contributed by atoms with Gasteiger partial charge in [0.25, 0.3) is 0 Å². The van der Waals surface area contributed by atoms with Crippen LogP contribution in [0.3, 0.4) is 0 Å². The summed E-state index contributed by atoms with van der Waals surface area (Å²) in [6.45, 7) is 5.50. The minimum atomic E-state index is 0.661. The lowest BCUT2D eigenvalue weighted by Gasteiger charge is -2.14. The molecule has 1 aromatic heterocycles. The highest BCUT2D eigenvalue weighted by Gasteiger charge is 2.09. The fourth-order valence-corrected chi connectivity index (χ4v) is 1.98. The van der Waals surface area contributed by atoms with E-state index >= 15 is 0 Å². The SMILES string of the molecule is CCCOc1ccc(-c2cnccc2N)cc1OCCC. The number of hydrogen-bond acceptors (Lipinski definition) is 4. The van der Waals surface area contributed by atoms with Gasteiger partial charge in [-0.3, -0.25) is 4.98 Å².